The minimum absolute atomic E-state index is 0.0567. The second-order valence-electron chi connectivity index (χ2n) is 6.64. The van der Waals surface area contributed by atoms with Crippen molar-refractivity contribution in [3.63, 3.8) is 0 Å². The van der Waals surface area contributed by atoms with Crippen LogP contribution in [0.2, 0.25) is 0 Å². The molecule has 1 N–H and O–H groups in total. The lowest BCUT2D eigenvalue weighted by molar-refractivity contribution is -0.129. The van der Waals surface area contributed by atoms with E-state index in [1.807, 2.05) is 32.0 Å². The van der Waals surface area contributed by atoms with E-state index >= 15 is 0 Å². The van der Waals surface area contributed by atoms with Crippen molar-refractivity contribution in [2.24, 2.45) is 5.92 Å². The van der Waals surface area contributed by atoms with E-state index in [4.69, 9.17) is 4.74 Å². The van der Waals surface area contributed by atoms with Gasteiger partial charge in [0, 0.05) is 31.8 Å². The Morgan fingerprint density at radius 1 is 1.39 bits per heavy atom. The monoisotopic (exact) mass is 316 g/mol. The summed E-state index contributed by atoms with van der Waals surface area (Å²) in [4.78, 5) is 26.4. The van der Waals surface area contributed by atoms with Crippen molar-refractivity contribution in [3.8, 4) is 0 Å². The van der Waals surface area contributed by atoms with Crippen LogP contribution >= 0.6 is 0 Å². The fourth-order valence-electron chi connectivity index (χ4n) is 3.35. The fourth-order valence-corrected chi connectivity index (χ4v) is 3.35. The van der Waals surface area contributed by atoms with Gasteiger partial charge in [-0.15, -0.1) is 0 Å². The van der Waals surface area contributed by atoms with Crippen molar-refractivity contribution in [3.05, 3.63) is 29.3 Å². The van der Waals surface area contributed by atoms with Crippen LogP contribution in [-0.4, -0.2) is 42.5 Å². The maximum absolute atomic E-state index is 12.5. The standard InChI is InChI=1S/C18H24N2O3/c1-12-5-6-16(13(2)8-12)19-18(22)14-9-17(21)20(10-14)11-15-4-3-7-23-15/h5-6,8,14-15H,3-4,7,9-11H2,1-2H3,(H,19,22). The highest BCUT2D eigenvalue weighted by Crippen LogP contribution is 2.24. The number of ether oxygens (including phenoxy) is 1. The number of benzene rings is 1. The summed E-state index contributed by atoms with van der Waals surface area (Å²) >= 11 is 0. The van der Waals surface area contributed by atoms with Gasteiger partial charge in [0.25, 0.3) is 0 Å². The van der Waals surface area contributed by atoms with Crippen LogP contribution in [-0.2, 0) is 14.3 Å². The van der Waals surface area contributed by atoms with Crippen LogP contribution in [0.15, 0.2) is 18.2 Å². The van der Waals surface area contributed by atoms with Crippen LogP contribution in [0.1, 0.15) is 30.4 Å². The Labute approximate surface area is 137 Å². The minimum atomic E-state index is -0.274. The van der Waals surface area contributed by atoms with Gasteiger partial charge in [-0.25, -0.2) is 0 Å². The highest BCUT2D eigenvalue weighted by atomic mass is 16.5. The molecule has 124 valence electrons. The van der Waals surface area contributed by atoms with Crippen LogP contribution in [0.3, 0.4) is 0 Å². The van der Waals surface area contributed by atoms with E-state index in [0.29, 0.717) is 19.5 Å². The Morgan fingerprint density at radius 2 is 2.22 bits per heavy atom. The van der Waals surface area contributed by atoms with Crippen molar-refractivity contribution < 1.29 is 14.3 Å². The molecular weight excluding hydrogens is 292 g/mol. The zero-order valence-electron chi connectivity index (χ0n) is 13.8. The van der Waals surface area contributed by atoms with Gasteiger partial charge in [0.15, 0.2) is 0 Å². The Hall–Kier alpha value is -1.88. The molecule has 0 bridgehead atoms. The molecule has 2 atom stereocenters. The van der Waals surface area contributed by atoms with Crippen LogP contribution in [0.4, 0.5) is 5.69 Å². The van der Waals surface area contributed by atoms with E-state index in [-0.39, 0.29) is 23.8 Å². The molecule has 1 aromatic carbocycles. The fraction of sp³-hybridized carbons (Fsp3) is 0.556. The van der Waals surface area contributed by atoms with Crippen LogP contribution in [0, 0.1) is 19.8 Å². The molecular formula is C18H24N2O3. The lowest BCUT2D eigenvalue weighted by Gasteiger charge is -2.20. The van der Waals surface area contributed by atoms with Gasteiger partial charge in [-0.05, 0) is 38.3 Å². The second kappa shape index (κ2) is 6.71. The number of hydrogen-bond acceptors (Lipinski definition) is 3. The zero-order chi connectivity index (χ0) is 16.4. The van der Waals surface area contributed by atoms with E-state index in [2.05, 4.69) is 5.32 Å². The lowest BCUT2D eigenvalue weighted by atomic mass is 10.1. The molecule has 1 aromatic rings. The van der Waals surface area contributed by atoms with Gasteiger partial charge < -0.3 is 15.0 Å². The van der Waals surface area contributed by atoms with E-state index in [0.717, 1.165) is 30.7 Å². The Balaban J connectivity index is 1.58. The largest absolute Gasteiger partial charge is 0.376 e. The number of aryl methyl sites for hydroxylation is 2. The van der Waals surface area contributed by atoms with Gasteiger partial charge in [-0.1, -0.05) is 17.7 Å². The molecule has 2 aliphatic rings. The number of anilines is 1. The third kappa shape index (κ3) is 3.72. The number of rotatable bonds is 4. The predicted octanol–water partition coefficient (Wildman–Crippen LogP) is 2.27. The maximum atomic E-state index is 12.5. The first-order valence-electron chi connectivity index (χ1n) is 8.30. The third-order valence-corrected chi connectivity index (χ3v) is 4.67. The molecule has 5 nitrogen and oxygen atoms in total. The number of likely N-dealkylation sites (tertiary alicyclic amines) is 1. The van der Waals surface area contributed by atoms with Gasteiger partial charge in [0.05, 0.1) is 12.0 Å². The number of carbonyl (C=O) groups is 2. The van der Waals surface area contributed by atoms with Gasteiger partial charge in [-0.2, -0.15) is 0 Å². The molecule has 2 amide bonds. The highest BCUT2D eigenvalue weighted by molar-refractivity contribution is 5.97. The summed E-state index contributed by atoms with van der Waals surface area (Å²) in [6.07, 6.45) is 2.50. The SMILES string of the molecule is Cc1ccc(NC(=O)C2CC(=O)N(CC3CCCO3)C2)c(C)c1. The lowest BCUT2D eigenvalue weighted by Crippen LogP contribution is -2.34. The van der Waals surface area contributed by atoms with E-state index in [9.17, 15) is 9.59 Å². The van der Waals surface area contributed by atoms with Crippen molar-refractivity contribution >= 4 is 17.5 Å². The van der Waals surface area contributed by atoms with Gasteiger partial charge in [0.1, 0.15) is 0 Å². The number of nitrogens with zero attached hydrogens (tertiary/aromatic N) is 1. The summed E-state index contributed by atoms with van der Waals surface area (Å²) in [5.41, 5.74) is 3.03. The summed E-state index contributed by atoms with van der Waals surface area (Å²) in [5.74, 6) is -0.286. The van der Waals surface area contributed by atoms with E-state index in [1.165, 1.54) is 5.56 Å². The van der Waals surface area contributed by atoms with Gasteiger partial charge in [0.2, 0.25) is 11.8 Å². The van der Waals surface area contributed by atoms with Gasteiger partial charge in [-0.3, -0.25) is 9.59 Å². The Morgan fingerprint density at radius 3 is 2.91 bits per heavy atom. The zero-order valence-corrected chi connectivity index (χ0v) is 13.8. The first-order chi connectivity index (χ1) is 11.0. The van der Waals surface area contributed by atoms with Crippen LogP contribution < -0.4 is 5.32 Å². The molecule has 5 heteroatoms. The van der Waals surface area contributed by atoms with Gasteiger partial charge >= 0.3 is 0 Å². The van der Waals surface area contributed by atoms with Crippen molar-refractivity contribution in [2.45, 2.75) is 39.2 Å². The number of carbonyl (C=O) groups excluding carboxylic acids is 2. The molecule has 0 aromatic heterocycles. The molecule has 0 radical (unpaired) electrons. The average Bonchev–Trinajstić information content (AvgIpc) is 3.13. The third-order valence-electron chi connectivity index (χ3n) is 4.67. The summed E-state index contributed by atoms with van der Waals surface area (Å²) in [5, 5.41) is 2.97. The Kier molecular flexibility index (Phi) is 4.66. The van der Waals surface area contributed by atoms with E-state index < -0.39 is 0 Å². The molecule has 3 rings (SSSR count). The summed E-state index contributed by atoms with van der Waals surface area (Å²) < 4.78 is 5.59. The molecule has 2 aliphatic heterocycles. The molecule has 0 saturated carbocycles. The number of amides is 2. The molecule has 0 aliphatic carbocycles. The summed E-state index contributed by atoms with van der Waals surface area (Å²) in [6, 6.07) is 5.94. The van der Waals surface area contributed by atoms with Crippen molar-refractivity contribution in [1.29, 1.82) is 0 Å². The summed E-state index contributed by atoms with van der Waals surface area (Å²) in [6.45, 7) is 5.90. The minimum Gasteiger partial charge on any atom is -0.376 e. The van der Waals surface area contributed by atoms with E-state index in [1.54, 1.807) is 4.90 Å². The van der Waals surface area contributed by atoms with Crippen LogP contribution in [0.25, 0.3) is 0 Å². The maximum Gasteiger partial charge on any atom is 0.229 e. The number of nitrogens with one attached hydrogen (secondary N) is 1. The quantitative estimate of drug-likeness (QED) is 0.927. The molecule has 2 saturated heterocycles. The predicted molar refractivity (Wildman–Crippen MR) is 88.2 cm³/mol. The molecule has 2 unspecified atom stereocenters. The van der Waals surface area contributed by atoms with Crippen LogP contribution in [0.5, 0.6) is 0 Å². The topological polar surface area (TPSA) is 58.6 Å². The molecule has 2 fully saturated rings. The van der Waals surface area contributed by atoms with Crippen molar-refractivity contribution in [1.82, 2.24) is 4.90 Å². The first kappa shape index (κ1) is 16.0. The summed E-state index contributed by atoms with van der Waals surface area (Å²) in [7, 11) is 0. The average molecular weight is 316 g/mol. The highest BCUT2D eigenvalue weighted by Gasteiger charge is 2.36. The normalized spacial score (nSPS) is 24.3. The smallest absolute Gasteiger partial charge is 0.229 e. The molecule has 23 heavy (non-hydrogen) atoms. The second-order valence-corrected chi connectivity index (χ2v) is 6.64. The molecule has 0 spiro atoms. The first-order valence-corrected chi connectivity index (χ1v) is 8.30. The number of hydrogen-bond donors (Lipinski definition) is 1. The molecule has 2 heterocycles. The Bertz CT molecular complexity index is 608. The van der Waals surface area contributed by atoms with Crippen molar-refractivity contribution in [2.75, 3.05) is 25.0 Å².